The molecular weight excluding hydrogens is 497 g/mol. The number of carboxylic acid groups (broad SMARTS) is 1. The first-order valence-electron chi connectivity index (χ1n) is 13.7. The highest BCUT2D eigenvalue weighted by molar-refractivity contribution is 5.89. The number of pyridine rings is 1. The Morgan fingerprint density at radius 2 is 1.84 bits per heavy atom. The smallest absolute Gasteiger partial charge is 0.417 e. The predicted octanol–water partition coefficient (Wildman–Crippen LogP) is 3.75. The number of hydrogen-bond acceptors (Lipinski definition) is 6. The molecule has 6 aliphatic rings. The molecule has 1 aromatic rings. The van der Waals surface area contributed by atoms with Gasteiger partial charge in [0.1, 0.15) is 11.7 Å². The Hall–Kier alpha value is -2.87. The molecule has 2 N–H and O–H groups in total. The van der Waals surface area contributed by atoms with Crippen molar-refractivity contribution in [3.05, 3.63) is 23.9 Å². The zero-order valence-electron chi connectivity index (χ0n) is 21.2. The van der Waals surface area contributed by atoms with Crippen LogP contribution in [0.2, 0.25) is 0 Å². The molecule has 1 aromatic heterocycles. The standard InChI is InChI=1S/C27H33F3N6O2/c28-27(29,30)20-3-4-21(32-14-20)35-5-7-36(8-6-35)23(17-1-2-17)24(33-15-31)34-22-18-9-16-10-19(22)13-26(11-16,12-18)25(37)38/h3-4,14,16-19,22-23H,1-2,5-13H2,(H,33,34)(H,37,38). The molecule has 11 heteroatoms. The fourth-order valence-corrected chi connectivity index (χ4v) is 7.95. The molecule has 5 saturated carbocycles. The number of amidine groups is 1. The van der Waals surface area contributed by atoms with Crippen LogP contribution in [0.5, 0.6) is 0 Å². The van der Waals surface area contributed by atoms with Crippen LogP contribution in [0.3, 0.4) is 0 Å². The third kappa shape index (κ3) is 4.61. The molecule has 4 bridgehead atoms. The van der Waals surface area contributed by atoms with Gasteiger partial charge in [0.25, 0.3) is 0 Å². The monoisotopic (exact) mass is 530 g/mol. The summed E-state index contributed by atoms with van der Waals surface area (Å²) >= 11 is 0. The van der Waals surface area contributed by atoms with E-state index in [1.165, 1.54) is 6.07 Å². The zero-order chi connectivity index (χ0) is 26.7. The molecule has 6 fully saturated rings. The third-order valence-electron chi connectivity index (χ3n) is 9.60. The number of aromatic nitrogens is 1. The van der Waals surface area contributed by atoms with Gasteiger partial charge >= 0.3 is 12.1 Å². The molecule has 0 aromatic carbocycles. The molecule has 1 saturated heterocycles. The minimum Gasteiger partial charge on any atom is -0.481 e. The summed E-state index contributed by atoms with van der Waals surface area (Å²) in [5, 5.41) is 22.5. The summed E-state index contributed by atoms with van der Waals surface area (Å²) in [6.45, 7) is 2.63. The number of aliphatic imine (C=N–C) groups is 1. The lowest BCUT2D eigenvalue weighted by molar-refractivity contribution is -0.166. The maximum Gasteiger partial charge on any atom is 0.417 e. The molecule has 204 valence electrons. The molecule has 7 rings (SSSR count). The average molecular weight is 531 g/mol. The molecule has 0 radical (unpaired) electrons. The van der Waals surface area contributed by atoms with Crippen molar-refractivity contribution in [3.8, 4) is 6.19 Å². The SMILES string of the molecule is N#CNC(=NC1C2CC3CC1CC(C(=O)O)(C3)C2)C(C1CC1)N1CCN(c2ccc(C(F)(F)F)cn2)CC1. The number of nitriles is 1. The van der Waals surface area contributed by atoms with Gasteiger partial charge in [-0.2, -0.15) is 18.4 Å². The fraction of sp³-hybridized carbons (Fsp3) is 0.704. The van der Waals surface area contributed by atoms with E-state index in [9.17, 15) is 28.3 Å². The van der Waals surface area contributed by atoms with Gasteiger partial charge in [0.05, 0.1) is 23.1 Å². The molecule has 2 heterocycles. The molecule has 0 amide bonds. The van der Waals surface area contributed by atoms with Gasteiger partial charge in [-0.3, -0.25) is 20.0 Å². The van der Waals surface area contributed by atoms with Crippen molar-refractivity contribution < 1.29 is 23.1 Å². The van der Waals surface area contributed by atoms with Crippen molar-refractivity contribution in [2.45, 2.75) is 63.2 Å². The van der Waals surface area contributed by atoms with Crippen LogP contribution in [-0.4, -0.2) is 65.1 Å². The number of carbonyl (C=O) groups is 1. The van der Waals surface area contributed by atoms with E-state index in [2.05, 4.69) is 21.4 Å². The molecule has 5 aliphatic carbocycles. The maximum absolute atomic E-state index is 12.9. The van der Waals surface area contributed by atoms with Crippen LogP contribution < -0.4 is 10.2 Å². The Balaban J connectivity index is 1.18. The largest absolute Gasteiger partial charge is 0.481 e. The van der Waals surface area contributed by atoms with E-state index < -0.39 is 23.1 Å². The Morgan fingerprint density at radius 1 is 1.16 bits per heavy atom. The van der Waals surface area contributed by atoms with Crippen LogP contribution in [-0.2, 0) is 11.0 Å². The van der Waals surface area contributed by atoms with Gasteiger partial charge in [-0.15, -0.1) is 0 Å². The Labute approximate surface area is 219 Å². The van der Waals surface area contributed by atoms with Gasteiger partial charge in [0.15, 0.2) is 6.19 Å². The van der Waals surface area contributed by atoms with Gasteiger partial charge < -0.3 is 10.0 Å². The number of aliphatic carboxylic acids is 1. The second-order valence-corrected chi connectivity index (χ2v) is 12.0. The predicted molar refractivity (Wildman–Crippen MR) is 133 cm³/mol. The van der Waals surface area contributed by atoms with Crippen LogP contribution in [0.25, 0.3) is 0 Å². The molecule has 3 atom stereocenters. The summed E-state index contributed by atoms with van der Waals surface area (Å²) in [6, 6.07) is 2.54. The summed E-state index contributed by atoms with van der Waals surface area (Å²) in [4.78, 5) is 25.7. The van der Waals surface area contributed by atoms with Crippen LogP contribution >= 0.6 is 0 Å². The van der Waals surface area contributed by atoms with E-state index in [-0.39, 0.29) is 23.9 Å². The van der Waals surface area contributed by atoms with Crippen LogP contribution in [0.1, 0.15) is 50.5 Å². The van der Waals surface area contributed by atoms with E-state index in [4.69, 9.17) is 4.99 Å². The Kier molecular flexibility index (Phi) is 6.29. The highest BCUT2D eigenvalue weighted by atomic mass is 19.4. The van der Waals surface area contributed by atoms with E-state index in [0.717, 1.165) is 44.4 Å². The van der Waals surface area contributed by atoms with E-state index in [1.807, 2.05) is 4.90 Å². The topological polar surface area (TPSA) is 105 Å². The van der Waals surface area contributed by atoms with Crippen molar-refractivity contribution in [1.82, 2.24) is 15.2 Å². The highest BCUT2D eigenvalue weighted by Gasteiger charge is 2.59. The second kappa shape index (κ2) is 9.40. The summed E-state index contributed by atoms with van der Waals surface area (Å²) in [7, 11) is 0. The zero-order valence-corrected chi connectivity index (χ0v) is 21.2. The summed E-state index contributed by atoms with van der Waals surface area (Å²) in [6.07, 6.45) is 4.91. The first kappa shape index (κ1) is 25.4. The first-order valence-corrected chi connectivity index (χ1v) is 13.7. The number of nitrogens with zero attached hydrogens (tertiary/aromatic N) is 5. The van der Waals surface area contributed by atoms with Gasteiger partial charge in [0, 0.05) is 32.4 Å². The number of carboxylic acids is 1. The molecule has 3 unspecified atom stereocenters. The van der Waals surface area contributed by atoms with Crippen LogP contribution in [0.15, 0.2) is 23.3 Å². The lowest BCUT2D eigenvalue weighted by Gasteiger charge is -2.57. The minimum absolute atomic E-state index is 0.0111. The van der Waals surface area contributed by atoms with Gasteiger partial charge in [0.2, 0.25) is 0 Å². The van der Waals surface area contributed by atoms with E-state index in [1.54, 1.807) is 0 Å². The first-order chi connectivity index (χ1) is 18.2. The number of piperazine rings is 1. The molecular formula is C27H33F3N6O2. The maximum atomic E-state index is 12.9. The van der Waals surface area contributed by atoms with Crippen molar-refractivity contribution in [3.63, 3.8) is 0 Å². The minimum atomic E-state index is -4.41. The number of anilines is 1. The van der Waals surface area contributed by atoms with Crippen molar-refractivity contribution in [2.75, 3.05) is 31.1 Å². The fourth-order valence-electron chi connectivity index (χ4n) is 7.95. The van der Waals surface area contributed by atoms with Crippen molar-refractivity contribution in [2.24, 2.45) is 34.1 Å². The normalized spacial score (nSPS) is 34.2. The molecule has 1 aliphatic heterocycles. The number of halogens is 3. The van der Waals surface area contributed by atoms with Crippen molar-refractivity contribution in [1.29, 1.82) is 5.26 Å². The van der Waals surface area contributed by atoms with E-state index >= 15 is 0 Å². The van der Waals surface area contributed by atoms with Crippen LogP contribution in [0.4, 0.5) is 19.0 Å². The van der Waals surface area contributed by atoms with Crippen LogP contribution in [0, 0.1) is 40.5 Å². The quantitative estimate of drug-likeness (QED) is 0.250. The number of rotatable bonds is 6. The van der Waals surface area contributed by atoms with E-state index in [0.29, 0.717) is 62.5 Å². The average Bonchev–Trinajstić information content (AvgIpc) is 3.71. The Morgan fingerprint density at radius 3 is 2.37 bits per heavy atom. The van der Waals surface area contributed by atoms with Gasteiger partial charge in [-0.1, -0.05) is 0 Å². The lowest BCUT2D eigenvalue weighted by Crippen LogP contribution is -2.58. The molecule has 0 spiro atoms. The highest BCUT2D eigenvalue weighted by Crippen LogP contribution is 2.61. The number of alkyl halides is 3. The molecule has 8 nitrogen and oxygen atoms in total. The number of hydrogen-bond donors (Lipinski definition) is 2. The Bertz CT molecular complexity index is 1120. The summed E-state index contributed by atoms with van der Waals surface area (Å²) in [5.41, 5.74) is -1.35. The second-order valence-electron chi connectivity index (χ2n) is 12.0. The summed E-state index contributed by atoms with van der Waals surface area (Å²) in [5.74, 6) is 1.95. The number of nitrogens with one attached hydrogen (secondary N) is 1. The molecule has 38 heavy (non-hydrogen) atoms. The lowest BCUT2D eigenvalue weighted by atomic mass is 9.48. The van der Waals surface area contributed by atoms with Crippen molar-refractivity contribution >= 4 is 17.6 Å². The third-order valence-corrected chi connectivity index (χ3v) is 9.60. The van der Waals surface area contributed by atoms with Gasteiger partial charge in [-0.25, -0.2) is 4.98 Å². The van der Waals surface area contributed by atoms with Gasteiger partial charge in [-0.05, 0) is 80.8 Å². The summed E-state index contributed by atoms with van der Waals surface area (Å²) < 4.78 is 38.7.